The Hall–Kier alpha value is -1.13. The Morgan fingerprint density at radius 3 is 2.88 bits per heavy atom. The zero-order valence-electron chi connectivity index (χ0n) is 10.6. The molecule has 1 unspecified atom stereocenters. The lowest BCUT2D eigenvalue weighted by molar-refractivity contribution is 0.467. The molecular weight excluding hydrogens is 230 g/mol. The maximum absolute atomic E-state index is 4.45. The minimum absolute atomic E-state index is 0.414. The van der Waals surface area contributed by atoms with Gasteiger partial charge in [0.05, 0.1) is 4.88 Å². The summed E-state index contributed by atoms with van der Waals surface area (Å²) in [4.78, 5) is 5.68. The molecule has 3 nitrogen and oxygen atoms in total. The number of imidazole rings is 1. The Kier molecular flexibility index (Phi) is 3.97. The lowest BCUT2D eigenvalue weighted by Crippen LogP contribution is -2.29. The van der Waals surface area contributed by atoms with Crippen LogP contribution >= 0.6 is 11.3 Å². The Labute approximate surface area is 107 Å². The summed E-state index contributed by atoms with van der Waals surface area (Å²) in [6.07, 6.45) is 3.93. The monoisotopic (exact) mass is 249 g/mol. The predicted molar refractivity (Wildman–Crippen MR) is 73.4 cm³/mol. The highest BCUT2D eigenvalue weighted by Gasteiger charge is 2.12. The van der Waals surface area contributed by atoms with Gasteiger partial charge in [0, 0.05) is 31.0 Å². The highest BCUT2D eigenvalue weighted by atomic mass is 32.1. The summed E-state index contributed by atoms with van der Waals surface area (Å²) in [5, 5.41) is 5.55. The first-order valence-corrected chi connectivity index (χ1v) is 6.86. The second-order valence-corrected chi connectivity index (χ2v) is 5.50. The van der Waals surface area contributed by atoms with Crippen molar-refractivity contribution in [3.05, 3.63) is 29.9 Å². The van der Waals surface area contributed by atoms with E-state index in [9.17, 15) is 0 Å². The molecule has 4 heteroatoms. The van der Waals surface area contributed by atoms with Crippen LogP contribution in [0.1, 0.15) is 26.8 Å². The molecule has 2 aromatic heterocycles. The summed E-state index contributed by atoms with van der Waals surface area (Å²) in [6, 6.07) is 5.12. The first kappa shape index (κ1) is 12.3. The van der Waals surface area contributed by atoms with Gasteiger partial charge in [0.25, 0.3) is 0 Å². The molecule has 1 N–H and O–H groups in total. The predicted octanol–water partition coefficient (Wildman–Crippen LogP) is 3.17. The lowest BCUT2D eigenvalue weighted by atomic mass is 10.3. The summed E-state index contributed by atoms with van der Waals surface area (Å²) in [5.41, 5.74) is 0. The maximum Gasteiger partial charge on any atom is 0.150 e. The fourth-order valence-electron chi connectivity index (χ4n) is 1.77. The Morgan fingerprint density at radius 1 is 1.41 bits per heavy atom. The molecule has 0 bridgehead atoms. The van der Waals surface area contributed by atoms with E-state index in [1.54, 1.807) is 11.3 Å². The Morgan fingerprint density at radius 2 is 2.24 bits per heavy atom. The molecule has 0 aliphatic carbocycles. The van der Waals surface area contributed by atoms with Gasteiger partial charge in [-0.3, -0.25) is 0 Å². The topological polar surface area (TPSA) is 29.9 Å². The summed E-state index contributed by atoms with van der Waals surface area (Å²) in [5.74, 6) is 1.07. The Balaban J connectivity index is 2.14. The Bertz CT molecular complexity index is 445. The van der Waals surface area contributed by atoms with E-state index in [-0.39, 0.29) is 0 Å². The zero-order valence-corrected chi connectivity index (χ0v) is 11.4. The smallest absolute Gasteiger partial charge is 0.150 e. The quantitative estimate of drug-likeness (QED) is 0.882. The fraction of sp³-hybridized carbons (Fsp3) is 0.462. The highest BCUT2D eigenvalue weighted by Crippen LogP contribution is 2.25. The van der Waals surface area contributed by atoms with Gasteiger partial charge in [0.15, 0.2) is 0 Å². The van der Waals surface area contributed by atoms with Gasteiger partial charge in [-0.1, -0.05) is 19.9 Å². The van der Waals surface area contributed by atoms with E-state index in [1.807, 2.05) is 6.20 Å². The molecule has 2 aromatic rings. The van der Waals surface area contributed by atoms with Gasteiger partial charge in [0.1, 0.15) is 5.82 Å². The van der Waals surface area contributed by atoms with Crippen LogP contribution in [-0.4, -0.2) is 22.1 Å². The van der Waals surface area contributed by atoms with Gasteiger partial charge in [-0.25, -0.2) is 4.98 Å². The minimum Gasteiger partial charge on any atom is -0.326 e. The second-order valence-electron chi connectivity index (χ2n) is 4.55. The van der Waals surface area contributed by atoms with Gasteiger partial charge in [-0.05, 0) is 18.4 Å². The molecule has 1 atom stereocenters. The minimum atomic E-state index is 0.414. The van der Waals surface area contributed by atoms with Crippen molar-refractivity contribution in [1.29, 1.82) is 0 Å². The third-order valence-corrected chi connectivity index (χ3v) is 3.57. The molecule has 2 heterocycles. The van der Waals surface area contributed by atoms with Crippen LogP contribution < -0.4 is 5.32 Å². The summed E-state index contributed by atoms with van der Waals surface area (Å²) in [6.45, 7) is 7.52. The van der Waals surface area contributed by atoms with Crippen molar-refractivity contribution in [2.24, 2.45) is 0 Å². The number of thiophene rings is 1. The van der Waals surface area contributed by atoms with Crippen molar-refractivity contribution in [2.75, 3.05) is 6.54 Å². The number of hydrogen-bond acceptors (Lipinski definition) is 3. The van der Waals surface area contributed by atoms with E-state index < -0.39 is 0 Å². The van der Waals surface area contributed by atoms with Crippen molar-refractivity contribution in [1.82, 2.24) is 14.9 Å². The van der Waals surface area contributed by atoms with Crippen molar-refractivity contribution in [3.8, 4) is 10.7 Å². The second kappa shape index (κ2) is 5.47. The van der Waals surface area contributed by atoms with Crippen LogP contribution in [0.25, 0.3) is 10.7 Å². The van der Waals surface area contributed by atoms with E-state index in [1.165, 1.54) is 4.88 Å². The van der Waals surface area contributed by atoms with Crippen LogP contribution in [0.4, 0.5) is 0 Å². The molecule has 0 aliphatic rings. The molecule has 0 saturated heterocycles. The summed E-state index contributed by atoms with van der Waals surface area (Å²) >= 11 is 1.73. The van der Waals surface area contributed by atoms with Gasteiger partial charge in [0.2, 0.25) is 0 Å². The molecule has 0 amide bonds. The van der Waals surface area contributed by atoms with Crippen LogP contribution in [-0.2, 0) is 0 Å². The van der Waals surface area contributed by atoms with Gasteiger partial charge >= 0.3 is 0 Å². The third-order valence-electron chi connectivity index (χ3n) is 2.71. The molecule has 0 aliphatic heterocycles. The highest BCUT2D eigenvalue weighted by molar-refractivity contribution is 7.13. The molecule has 0 aromatic carbocycles. The number of hydrogen-bond donors (Lipinski definition) is 1. The normalized spacial score (nSPS) is 13.2. The average molecular weight is 249 g/mol. The summed E-state index contributed by atoms with van der Waals surface area (Å²) in [7, 11) is 0. The number of nitrogens with one attached hydrogen (secondary N) is 1. The molecule has 2 rings (SSSR count). The molecule has 0 saturated carbocycles. The van der Waals surface area contributed by atoms with Gasteiger partial charge in [-0.15, -0.1) is 11.3 Å². The SMILES string of the molecule is CC(C)NCC(C)n1ccnc1-c1cccs1. The van der Waals surface area contributed by atoms with Gasteiger partial charge in [-0.2, -0.15) is 0 Å². The van der Waals surface area contributed by atoms with Crippen LogP contribution in [0.2, 0.25) is 0 Å². The maximum atomic E-state index is 4.45. The molecule has 0 spiro atoms. The van der Waals surface area contributed by atoms with Crippen LogP contribution in [0.15, 0.2) is 29.9 Å². The first-order chi connectivity index (χ1) is 8.18. The van der Waals surface area contributed by atoms with Crippen molar-refractivity contribution >= 4 is 11.3 Å². The third kappa shape index (κ3) is 2.96. The van der Waals surface area contributed by atoms with Crippen LogP contribution in [0.5, 0.6) is 0 Å². The molecular formula is C13H19N3S. The average Bonchev–Trinajstić information content (AvgIpc) is 2.94. The van der Waals surface area contributed by atoms with Crippen molar-refractivity contribution < 1.29 is 0 Å². The molecule has 92 valence electrons. The number of nitrogens with zero attached hydrogens (tertiary/aromatic N) is 2. The number of rotatable bonds is 5. The molecule has 0 fully saturated rings. The fourth-order valence-corrected chi connectivity index (χ4v) is 2.49. The van der Waals surface area contributed by atoms with Crippen molar-refractivity contribution in [3.63, 3.8) is 0 Å². The van der Waals surface area contributed by atoms with E-state index in [2.05, 4.69) is 59.3 Å². The standard InChI is InChI=1S/C13H19N3S/c1-10(2)15-9-11(3)16-7-6-14-13(16)12-5-4-8-17-12/h4-8,10-11,15H,9H2,1-3H3. The largest absolute Gasteiger partial charge is 0.326 e. The van der Waals surface area contributed by atoms with E-state index in [0.717, 1.165) is 12.4 Å². The summed E-state index contributed by atoms with van der Waals surface area (Å²) < 4.78 is 2.24. The molecule has 0 radical (unpaired) electrons. The van der Waals surface area contributed by atoms with E-state index in [0.29, 0.717) is 12.1 Å². The van der Waals surface area contributed by atoms with Gasteiger partial charge < -0.3 is 9.88 Å². The van der Waals surface area contributed by atoms with Crippen molar-refractivity contribution in [2.45, 2.75) is 32.9 Å². The lowest BCUT2D eigenvalue weighted by Gasteiger charge is -2.18. The van der Waals surface area contributed by atoms with Crippen LogP contribution in [0, 0.1) is 0 Å². The van der Waals surface area contributed by atoms with E-state index in [4.69, 9.17) is 0 Å². The molecule has 17 heavy (non-hydrogen) atoms. The van der Waals surface area contributed by atoms with Crippen LogP contribution in [0.3, 0.4) is 0 Å². The zero-order chi connectivity index (χ0) is 12.3. The number of aromatic nitrogens is 2. The van der Waals surface area contributed by atoms with E-state index >= 15 is 0 Å². The first-order valence-electron chi connectivity index (χ1n) is 5.98.